The van der Waals surface area contributed by atoms with Gasteiger partial charge in [-0.25, -0.2) is 0 Å². The molecule has 0 aliphatic heterocycles. The van der Waals surface area contributed by atoms with E-state index in [0.717, 1.165) is 22.7 Å². The van der Waals surface area contributed by atoms with E-state index in [1.807, 2.05) is 0 Å². The van der Waals surface area contributed by atoms with Gasteiger partial charge in [-0.2, -0.15) is 0 Å². The van der Waals surface area contributed by atoms with Crippen LogP contribution in [0, 0.1) is 0 Å². The van der Waals surface area contributed by atoms with E-state index in [1.165, 1.54) is 54.9 Å². The first-order valence-electron chi connectivity index (χ1n) is 15.7. The highest BCUT2D eigenvalue weighted by molar-refractivity contribution is 6.14. The highest BCUT2D eigenvalue weighted by Gasteiger charge is 2.18. The number of anilines is 4. The van der Waals surface area contributed by atoms with Gasteiger partial charge in [0, 0.05) is 33.9 Å². The lowest BCUT2D eigenvalue weighted by molar-refractivity contribution is 1.53. The zero-order valence-electron chi connectivity index (χ0n) is 25.3. The van der Waals surface area contributed by atoms with Crippen LogP contribution >= 0.6 is 0 Å². The topological polar surface area (TPSA) is 24.1 Å². The minimum absolute atomic E-state index is 1.04. The first-order chi connectivity index (χ1) is 22.8. The van der Waals surface area contributed by atoms with Crippen molar-refractivity contribution in [2.45, 2.75) is 0 Å². The van der Waals surface area contributed by atoms with E-state index in [4.69, 9.17) is 0 Å². The summed E-state index contributed by atoms with van der Waals surface area (Å²) in [4.78, 5) is 0. The van der Waals surface area contributed by atoms with Gasteiger partial charge in [-0.05, 0) is 80.2 Å². The highest BCUT2D eigenvalue weighted by Crippen LogP contribution is 2.45. The van der Waals surface area contributed by atoms with Crippen molar-refractivity contribution in [2.75, 3.05) is 10.6 Å². The zero-order chi connectivity index (χ0) is 30.7. The van der Waals surface area contributed by atoms with Crippen LogP contribution in [-0.2, 0) is 0 Å². The molecule has 2 heteroatoms. The fraction of sp³-hybridized carbons (Fsp3) is 0. The summed E-state index contributed by atoms with van der Waals surface area (Å²) in [6.07, 6.45) is 0. The summed E-state index contributed by atoms with van der Waals surface area (Å²) in [5.74, 6) is 0. The van der Waals surface area contributed by atoms with E-state index in [2.05, 4.69) is 193 Å². The summed E-state index contributed by atoms with van der Waals surface area (Å²) in [5.41, 5.74) is 11.4. The predicted molar refractivity (Wildman–Crippen MR) is 197 cm³/mol. The van der Waals surface area contributed by atoms with Crippen LogP contribution in [-0.4, -0.2) is 0 Å². The second-order valence-electron chi connectivity index (χ2n) is 11.6. The molecule has 0 heterocycles. The molecule has 0 aromatic heterocycles. The van der Waals surface area contributed by atoms with Crippen LogP contribution in [0.4, 0.5) is 22.7 Å². The molecule has 2 nitrogen and oxygen atoms in total. The molecule has 2 N–H and O–H groups in total. The average molecular weight is 589 g/mol. The van der Waals surface area contributed by atoms with Crippen molar-refractivity contribution in [2.24, 2.45) is 0 Å². The smallest absolute Gasteiger partial charge is 0.0471 e. The summed E-state index contributed by atoms with van der Waals surface area (Å²) >= 11 is 0. The number of nitrogens with one attached hydrogen (secondary N) is 2. The first kappa shape index (κ1) is 27.4. The Balaban J connectivity index is 1.25. The van der Waals surface area contributed by atoms with Gasteiger partial charge in [-0.1, -0.05) is 146 Å². The van der Waals surface area contributed by atoms with Crippen LogP contribution < -0.4 is 10.6 Å². The van der Waals surface area contributed by atoms with Gasteiger partial charge in [-0.3, -0.25) is 0 Å². The lowest BCUT2D eigenvalue weighted by Crippen LogP contribution is -1.99. The van der Waals surface area contributed by atoms with Crippen molar-refractivity contribution in [3.63, 3.8) is 0 Å². The van der Waals surface area contributed by atoms with Crippen LogP contribution in [0.5, 0.6) is 0 Å². The molecular weight excluding hydrogens is 556 g/mol. The first-order valence-corrected chi connectivity index (χ1v) is 15.7. The van der Waals surface area contributed by atoms with Crippen LogP contribution in [0.25, 0.3) is 54.9 Å². The van der Waals surface area contributed by atoms with Gasteiger partial charge >= 0.3 is 0 Å². The molecule has 0 bridgehead atoms. The Morgan fingerprint density at radius 2 is 0.609 bits per heavy atom. The molecule has 0 saturated heterocycles. The largest absolute Gasteiger partial charge is 0.355 e. The van der Waals surface area contributed by atoms with E-state index in [9.17, 15) is 0 Å². The fourth-order valence-corrected chi connectivity index (χ4v) is 6.35. The van der Waals surface area contributed by atoms with E-state index in [0.29, 0.717) is 0 Å². The van der Waals surface area contributed by atoms with Gasteiger partial charge in [0.25, 0.3) is 0 Å². The summed E-state index contributed by atoms with van der Waals surface area (Å²) in [6.45, 7) is 0. The Bertz CT molecular complexity index is 2110. The summed E-state index contributed by atoms with van der Waals surface area (Å²) in [6, 6.07) is 64.6. The Hall–Kier alpha value is -6.12. The van der Waals surface area contributed by atoms with Crippen LogP contribution in [0.3, 0.4) is 0 Å². The lowest BCUT2D eigenvalue weighted by atomic mass is 9.90. The van der Waals surface area contributed by atoms with E-state index in [1.54, 1.807) is 0 Å². The summed E-state index contributed by atoms with van der Waals surface area (Å²) in [5, 5.41) is 12.4. The number of hydrogen-bond acceptors (Lipinski definition) is 2. The molecule has 0 saturated carbocycles. The van der Waals surface area contributed by atoms with Crippen LogP contribution in [0.15, 0.2) is 182 Å². The van der Waals surface area contributed by atoms with Gasteiger partial charge in [0.2, 0.25) is 0 Å². The van der Waals surface area contributed by atoms with Gasteiger partial charge < -0.3 is 10.6 Å². The van der Waals surface area contributed by atoms with Gasteiger partial charge in [0.05, 0.1) is 0 Å². The van der Waals surface area contributed by atoms with Crippen LogP contribution in [0.1, 0.15) is 0 Å². The minimum Gasteiger partial charge on any atom is -0.355 e. The Labute approximate surface area is 269 Å². The molecule has 0 radical (unpaired) electrons. The van der Waals surface area contributed by atoms with E-state index < -0.39 is 0 Å². The monoisotopic (exact) mass is 588 g/mol. The van der Waals surface area contributed by atoms with Gasteiger partial charge in [-0.15, -0.1) is 0 Å². The molecule has 0 fully saturated rings. The van der Waals surface area contributed by atoms with Gasteiger partial charge in [0.1, 0.15) is 0 Å². The van der Waals surface area contributed by atoms with Gasteiger partial charge in [0.15, 0.2) is 0 Å². The third kappa shape index (κ3) is 5.38. The zero-order valence-corrected chi connectivity index (χ0v) is 25.3. The quantitative estimate of drug-likeness (QED) is 0.193. The molecule has 46 heavy (non-hydrogen) atoms. The molecular formula is C44H32N2. The second kappa shape index (κ2) is 12.1. The second-order valence-corrected chi connectivity index (χ2v) is 11.6. The van der Waals surface area contributed by atoms with E-state index in [-0.39, 0.29) is 0 Å². The summed E-state index contributed by atoms with van der Waals surface area (Å²) in [7, 11) is 0. The molecule has 0 spiro atoms. The molecule has 0 amide bonds. The third-order valence-electron chi connectivity index (χ3n) is 8.65. The normalized spacial score (nSPS) is 11.0. The standard InChI is InChI=1S/C44H32N2/c1-3-11-31(12-4-1)33-19-25-37(26-20-33)45-41-29-23-35-15-7-9-17-39(35)43(41)44-40-18-10-8-16-36(40)24-30-42(44)46-38-27-21-34(22-28-38)32-13-5-2-6-14-32/h1-30,45-46H. The van der Waals surface area contributed by atoms with Crippen molar-refractivity contribution in [3.8, 4) is 33.4 Å². The number of benzene rings is 8. The number of fused-ring (bicyclic) bond motifs is 2. The van der Waals surface area contributed by atoms with Crippen molar-refractivity contribution in [1.82, 2.24) is 0 Å². The van der Waals surface area contributed by atoms with Crippen molar-refractivity contribution in [1.29, 1.82) is 0 Å². The molecule has 0 atom stereocenters. The maximum Gasteiger partial charge on any atom is 0.0471 e. The van der Waals surface area contributed by atoms with Crippen molar-refractivity contribution >= 4 is 44.3 Å². The minimum atomic E-state index is 1.04. The predicted octanol–water partition coefficient (Wildman–Crippen LogP) is 12.5. The maximum absolute atomic E-state index is 3.80. The third-order valence-corrected chi connectivity index (χ3v) is 8.65. The Morgan fingerprint density at radius 1 is 0.261 bits per heavy atom. The molecule has 0 aliphatic rings. The number of hydrogen-bond donors (Lipinski definition) is 2. The SMILES string of the molecule is c1ccc(-c2ccc(Nc3ccc4ccccc4c3-c3c(Nc4ccc(-c5ccccc5)cc4)ccc4ccccc34)cc2)cc1. The van der Waals surface area contributed by atoms with Crippen LogP contribution in [0.2, 0.25) is 0 Å². The lowest BCUT2D eigenvalue weighted by Gasteiger charge is -2.21. The maximum atomic E-state index is 3.80. The number of rotatable bonds is 7. The van der Waals surface area contributed by atoms with Crippen molar-refractivity contribution in [3.05, 3.63) is 182 Å². The average Bonchev–Trinajstić information content (AvgIpc) is 3.13. The molecule has 218 valence electrons. The molecule has 8 aromatic carbocycles. The molecule has 8 aromatic rings. The van der Waals surface area contributed by atoms with E-state index >= 15 is 0 Å². The Kier molecular flexibility index (Phi) is 7.22. The summed E-state index contributed by atoms with van der Waals surface area (Å²) < 4.78 is 0. The van der Waals surface area contributed by atoms with Crippen molar-refractivity contribution < 1.29 is 0 Å². The fourth-order valence-electron chi connectivity index (χ4n) is 6.35. The highest BCUT2D eigenvalue weighted by atomic mass is 14.9. The molecule has 8 rings (SSSR count). The Morgan fingerprint density at radius 3 is 1.02 bits per heavy atom. The molecule has 0 unspecified atom stereocenters. The molecule has 0 aliphatic carbocycles.